The number of hydrogen-bond acceptors (Lipinski definition) is 3. The normalized spacial score (nSPS) is 15.1. The molecule has 6 heteroatoms. The van der Waals surface area contributed by atoms with Crippen molar-refractivity contribution in [1.82, 2.24) is 4.90 Å². The van der Waals surface area contributed by atoms with E-state index in [1.165, 1.54) is 0 Å². The first-order chi connectivity index (χ1) is 8.58. The van der Waals surface area contributed by atoms with Gasteiger partial charge in [0.2, 0.25) is 17.7 Å². The fraction of sp³-hybridized carbons (Fsp3) is 0.250. The Morgan fingerprint density at radius 1 is 1.22 bits per heavy atom. The molecule has 0 saturated carbocycles. The summed E-state index contributed by atoms with van der Waals surface area (Å²) in [7, 11) is 0. The molecule has 1 aromatic carbocycles. The first-order valence-corrected chi connectivity index (χ1v) is 5.83. The molecular formula is C12H11ClN2O3. The minimum atomic E-state index is -0.438. The smallest absolute Gasteiger partial charge is 0.244 e. The largest absolute Gasteiger partial charge is 0.323 e. The third-order valence-corrected chi connectivity index (χ3v) is 2.93. The van der Waals surface area contributed by atoms with E-state index in [1.807, 2.05) is 0 Å². The minimum absolute atomic E-state index is 0.179. The second-order valence-corrected chi connectivity index (χ2v) is 4.31. The van der Waals surface area contributed by atoms with Gasteiger partial charge in [-0.2, -0.15) is 0 Å². The average molecular weight is 267 g/mol. The van der Waals surface area contributed by atoms with Crippen LogP contribution in [0.5, 0.6) is 0 Å². The standard InChI is InChI=1S/C12H11ClN2O3/c13-8-3-1-2-4-9(8)14-10(16)7-15-11(17)5-6-12(15)18/h1-4H,5-7H2,(H,14,16). The molecule has 1 aromatic rings. The van der Waals surface area contributed by atoms with Gasteiger partial charge in [-0.05, 0) is 12.1 Å². The van der Waals surface area contributed by atoms with Crippen LogP contribution >= 0.6 is 11.6 Å². The van der Waals surface area contributed by atoms with Gasteiger partial charge in [0.15, 0.2) is 0 Å². The molecular weight excluding hydrogens is 256 g/mol. The first-order valence-electron chi connectivity index (χ1n) is 5.45. The summed E-state index contributed by atoms with van der Waals surface area (Å²) in [6, 6.07) is 6.76. The average Bonchev–Trinajstić information content (AvgIpc) is 2.64. The maximum atomic E-state index is 11.7. The van der Waals surface area contributed by atoms with Crippen LogP contribution in [-0.4, -0.2) is 29.2 Å². The summed E-state index contributed by atoms with van der Waals surface area (Å²) in [6.45, 7) is -0.261. The Bertz CT molecular complexity index is 500. The molecule has 1 aliphatic rings. The highest BCUT2D eigenvalue weighted by atomic mass is 35.5. The maximum Gasteiger partial charge on any atom is 0.244 e. The molecule has 3 amide bonds. The Kier molecular flexibility index (Phi) is 3.62. The van der Waals surface area contributed by atoms with E-state index < -0.39 is 5.91 Å². The lowest BCUT2D eigenvalue weighted by Crippen LogP contribution is -2.36. The van der Waals surface area contributed by atoms with Gasteiger partial charge in [0, 0.05) is 12.8 Å². The van der Waals surface area contributed by atoms with E-state index in [4.69, 9.17) is 11.6 Å². The first kappa shape index (κ1) is 12.6. The summed E-state index contributed by atoms with van der Waals surface area (Å²) >= 11 is 5.88. The number of hydrogen-bond donors (Lipinski definition) is 1. The van der Waals surface area contributed by atoms with Crippen molar-refractivity contribution in [3.8, 4) is 0 Å². The van der Waals surface area contributed by atoms with Crippen LogP contribution in [0.3, 0.4) is 0 Å². The number of rotatable bonds is 3. The van der Waals surface area contributed by atoms with Crippen LogP contribution in [0.25, 0.3) is 0 Å². The molecule has 1 heterocycles. The molecule has 1 saturated heterocycles. The van der Waals surface area contributed by atoms with Crippen molar-refractivity contribution in [2.45, 2.75) is 12.8 Å². The molecule has 0 atom stereocenters. The zero-order valence-electron chi connectivity index (χ0n) is 9.48. The number of nitrogens with one attached hydrogen (secondary N) is 1. The number of benzene rings is 1. The molecule has 0 radical (unpaired) electrons. The van der Waals surface area contributed by atoms with Crippen LogP contribution in [0.2, 0.25) is 5.02 Å². The topological polar surface area (TPSA) is 66.5 Å². The lowest BCUT2D eigenvalue weighted by atomic mass is 10.3. The van der Waals surface area contributed by atoms with E-state index in [1.54, 1.807) is 24.3 Å². The van der Waals surface area contributed by atoms with Gasteiger partial charge >= 0.3 is 0 Å². The molecule has 0 unspecified atom stereocenters. The van der Waals surface area contributed by atoms with E-state index in [2.05, 4.69) is 5.32 Å². The number of halogens is 1. The van der Waals surface area contributed by atoms with Gasteiger partial charge in [0.05, 0.1) is 10.7 Å². The quantitative estimate of drug-likeness (QED) is 0.842. The minimum Gasteiger partial charge on any atom is -0.323 e. The van der Waals surface area contributed by atoms with E-state index in [0.717, 1.165) is 4.90 Å². The van der Waals surface area contributed by atoms with Gasteiger partial charge in [-0.15, -0.1) is 0 Å². The number of likely N-dealkylation sites (tertiary alicyclic amines) is 1. The summed E-state index contributed by atoms with van der Waals surface area (Å²) in [5, 5.41) is 2.97. The number of amides is 3. The molecule has 1 aliphatic heterocycles. The predicted octanol–water partition coefficient (Wildman–Crippen LogP) is 1.43. The van der Waals surface area contributed by atoms with E-state index in [-0.39, 0.29) is 31.2 Å². The summed E-state index contributed by atoms with van der Waals surface area (Å²) in [5.74, 6) is -1.06. The predicted molar refractivity (Wildman–Crippen MR) is 66.0 cm³/mol. The Balaban J connectivity index is 1.99. The second-order valence-electron chi connectivity index (χ2n) is 3.90. The van der Waals surface area contributed by atoms with Crippen molar-refractivity contribution in [2.24, 2.45) is 0 Å². The lowest BCUT2D eigenvalue weighted by molar-refractivity contribution is -0.141. The van der Waals surface area contributed by atoms with Crippen molar-refractivity contribution < 1.29 is 14.4 Å². The number of anilines is 1. The fourth-order valence-corrected chi connectivity index (χ4v) is 1.88. The van der Waals surface area contributed by atoms with Crippen LogP contribution in [0, 0.1) is 0 Å². The van der Waals surface area contributed by atoms with Gasteiger partial charge in [-0.3, -0.25) is 19.3 Å². The van der Waals surface area contributed by atoms with Crippen molar-refractivity contribution in [2.75, 3.05) is 11.9 Å². The van der Waals surface area contributed by atoms with Gasteiger partial charge in [-0.25, -0.2) is 0 Å². The summed E-state index contributed by atoms with van der Waals surface area (Å²) < 4.78 is 0. The van der Waals surface area contributed by atoms with Crippen LogP contribution in [0.15, 0.2) is 24.3 Å². The molecule has 5 nitrogen and oxygen atoms in total. The molecule has 0 bridgehead atoms. The number of para-hydroxylation sites is 1. The molecule has 18 heavy (non-hydrogen) atoms. The number of imide groups is 1. The van der Waals surface area contributed by atoms with Crippen molar-refractivity contribution in [3.05, 3.63) is 29.3 Å². The van der Waals surface area contributed by atoms with Crippen molar-refractivity contribution in [3.63, 3.8) is 0 Å². The van der Waals surface area contributed by atoms with E-state index >= 15 is 0 Å². The van der Waals surface area contributed by atoms with Gasteiger partial charge in [0.25, 0.3) is 0 Å². The Hall–Kier alpha value is -1.88. The van der Waals surface area contributed by atoms with Gasteiger partial charge in [-0.1, -0.05) is 23.7 Å². The Morgan fingerprint density at radius 3 is 2.44 bits per heavy atom. The number of carbonyl (C=O) groups is 3. The highest BCUT2D eigenvalue weighted by Crippen LogP contribution is 2.20. The van der Waals surface area contributed by atoms with Gasteiger partial charge < -0.3 is 5.32 Å². The van der Waals surface area contributed by atoms with Gasteiger partial charge in [0.1, 0.15) is 6.54 Å². The third-order valence-electron chi connectivity index (χ3n) is 2.60. The molecule has 0 aromatic heterocycles. The van der Waals surface area contributed by atoms with E-state index in [0.29, 0.717) is 10.7 Å². The monoisotopic (exact) mass is 266 g/mol. The van der Waals surface area contributed by atoms with Crippen molar-refractivity contribution >= 4 is 35.0 Å². The maximum absolute atomic E-state index is 11.7. The summed E-state index contributed by atoms with van der Waals surface area (Å²) in [4.78, 5) is 35.3. The molecule has 2 rings (SSSR count). The fourth-order valence-electron chi connectivity index (χ4n) is 1.70. The SMILES string of the molecule is O=C(CN1C(=O)CCC1=O)Nc1ccccc1Cl. The van der Waals surface area contributed by atoms with Crippen LogP contribution in [0.4, 0.5) is 5.69 Å². The van der Waals surface area contributed by atoms with Crippen LogP contribution < -0.4 is 5.32 Å². The molecule has 1 fully saturated rings. The molecule has 1 N–H and O–H groups in total. The number of nitrogens with zero attached hydrogens (tertiary/aromatic N) is 1. The summed E-state index contributed by atoms with van der Waals surface area (Å²) in [5.41, 5.74) is 0.461. The molecule has 94 valence electrons. The van der Waals surface area contributed by atoms with Crippen molar-refractivity contribution in [1.29, 1.82) is 0 Å². The molecule has 0 spiro atoms. The Labute approximate surface area is 109 Å². The summed E-state index contributed by atoms with van der Waals surface area (Å²) in [6.07, 6.45) is 0.358. The Morgan fingerprint density at radius 2 is 1.83 bits per heavy atom. The van der Waals surface area contributed by atoms with Crippen LogP contribution in [0.1, 0.15) is 12.8 Å². The highest BCUT2D eigenvalue weighted by molar-refractivity contribution is 6.33. The molecule has 0 aliphatic carbocycles. The zero-order valence-corrected chi connectivity index (χ0v) is 10.2. The third kappa shape index (κ3) is 2.68. The van der Waals surface area contributed by atoms with E-state index in [9.17, 15) is 14.4 Å². The van der Waals surface area contributed by atoms with Crippen LogP contribution in [-0.2, 0) is 14.4 Å². The highest BCUT2D eigenvalue weighted by Gasteiger charge is 2.30. The number of carbonyl (C=O) groups excluding carboxylic acids is 3. The second kappa shape index (κ2) is 5.18. The lowest BCUT2D eigenvalue weighted by Gasteiger charge is -2.13. The zero-order chi connectivity index (χ0) is 13.1.